The Labute approximate surface area is 117 Å². The topological polar surface area (TPSA) is 56.5 Å². The van der Waals surface area contributed by atoms with Crippen molar-refractivity contribution in [1.29, 1.82) is 0 Å². The number of unbranched alkanes of at least 4 members (excludes halogenated alkanes) is 1. The van der Waals surface area contributed by atoms with Gasteiger partial charge in [0, 0.05) is 18.9 Å². The molecule has 0 spiro atoms. The summed E-state index contributed by atoms with van der Waals surface area (Å²) >= 11 is 0. The van der Waals surface area contributed by atoms with Gasteiger partial charge in [0.2, 0.25) is 0 Å². The van der Waals surface area contributed by atoms with Gasteiger partial charge >= 0.3 is 5.97 Å². The van der Waals surface area contributed by atoms with Gasteiger partial charge in [-0.2, -0.15) is 0 Å². The average Bonchev–Trinajstić information content (AvgIpc) is 2.44. The zero-order chi connectivity index (χ0) is 14.4. The quantitative estimate of drug-likeness (QED) is 0.600. The van der Waals surface area contributed by atoms with Gasteiger partial charge in [0.1, 0.15) is 11.3 Å². The van der Waals surface area contributed by atoms with E-state index in [1.165, 1.54) is 6.07 Å². The van der Waals surface area contributed by atoms with Gasteiger partial charge in [-0.25, -0.2) is 0 Å². The maximum absolute atomic E-state index is 11.9. The third-order valence-electron chi connectivity index (χ3n) is 3.05. The highest BCUT2D eigenvalue weighted by Crippen LogP contribution is 2.13. The SMILES string of the molecule is CCOC(=O)CCCCc1cc(=O)c2ccccc2o1. The van der Waals surface area contributed by atoms with Crippen LogP contribution in [0.4, 0.5) is 0 Å². The number of esters is 1. The third kappa shape index (κ3) is 3.70. The zero-order valence-electron chi connectivity index (χ0n) is 11.6. The summed E-state index contributed by atoms with van der Waals surface area (Å²) in [5.41, 5.74) is 0.590. The Hall–Kier alpha value is -2.10. The number of aryl methyl sites for hydroxylation is 1. The molecule has 1 aromatic heterocycles. The van der Waals surface area contributed by atoms with E-state index in [9.17, 15) is 9.59 Å². The molecule has 0 unspecified atom stereocenters. The summed E-state index contributed by atoms with van der Waals surface area (Å²) in [4.78, 5) is 23.1. The molecule has 1 aromatic carbocycles. The molecule has 0 saturated carbocycles. The minimum atomic E-state index is -0.174. The van der Waals surface area contributed by atoms with E-state index < -0.39 is 0 Å². The van der Waals surface area contributed by atoms with E-state index in [1.54, 1.807) is 19.1 Å². The fraction of sp³-hybridized carbons (Fsp3) is 0.375. The minimum Gasteiger partial charge on any atom is -0.466 e. The molecule has 4 heteroatoms. The highest BCUT2D eigenvalue weighted by Gasteiger charge is 2.05. The lowest BCUT2D eigenvalue weighted by Gasteiger charge is -2.03. The number of ether oxygens (including phenoxy) is 1. The van der Waals surface area contributed by atoms with Crippen molar-refractivity contribution in [2.75, 3.05) is 6.61 Å². The molecule has 0 N–H and O–H groups in total. The minimum absolute atomic E-state index is 0.0211. The van der Waals surface area contributed by atoms with Crippen LogP contribution in [0.5, 0.6) is 0 Å². The summed E-state index contributed by atoms with van der Waals surface area (Å²) in [7, 11) is 0. The Morgan fingerprint density at radius 3 is 2.85 bits per heavy atom. The predicted octanol–water partition coefficient (Wildman–Crippen LogP) is 3.07. The van der Waals surface area contributed by atoms with E-state index in [2.05, 4.69) is 0 Å². The predicted molar refractivity (Wildman–Crippen MR) is 76.7 cm³/mol. The van der Waals surface area contributed by atoms with Crippen LogP contribution in [0.3, 0.4) is 0 Å². The first-order chi connectivity index (χ1) is 9.70. The fourth-order valence-electron chi connectivity index (χ4n) is 2.08. The molecule has 0 fully saturated rings. The largest absolute Gasteiger partial charge is 0.466 e. The molecule has 0 radical (unpaired) electrons. The number of carbonyl (C=O) groups is 1. The molecule has 4 nitrogen and oxygen atoms in total. The van der Waals surface area contributed by atoms with Crippen LogP contribution in [0.1, 0.15) is 31.9 Å². The van der Waals surface area contributed by atoms with E-state index in [0.29, 0.717) is 36.2 Å². The normalized spacial score (nSPS) is 10.7. The third-order valence-corrected chi connectivity index (χ3v) is 3.05. The summed E-state index contributed by atoms with van der Waals surface area (Å²) in [6, 6.07) is 8.74. The zero-order valence-corrected chi connectivity index (χ0v) is 11.6. The molecule has 0 aliphatic carbocycles. The lowest BCUT2D eigenvalue weighted by atomic mass is 10.1. The lowest BCUT2D eigenvalue weighted by Crippen LogP contribution is -2.04. The van der Waals surface area contributed by atoms with E-state index in [-0.39, 0.29) is 11.4 Å². The summed E-state index contributed by atoms with van der Waals surface area (Å²) in [5.74, 6) is 0.491. The van der Waals surface area contributed by atoms with Crippen LogP contribution in [-0.4, -0.2) is 12.6 Å². The second-order valence-electron chi connectivity index (χ2n) is 4.59. The Morgan fingerprint density at radius 2 is 2.05 bits per heavy atom. The number of benzene rings is 1. The summed E-state index contributed by atoms with van der Waals surface area (Å²) in [6.45, 7) is 2.21. The van der Waals surface area contributed by atoms with Crippen LogP contribution in [-0.2, 0) is 16.0 Å². The Bertz CT molecular complexity index is 642. The molecule has 0 aliphatic rings. The second-order valence-corrected chi connectivity index (χ2v) is 4.59. The van der Waals surface area contributed by atoms with Crippen molar-refractivity contribution in [3.8, 4) is 0 Å². The summed E-state index contributed by atoms with van der Waals surface area (Å²) < 4.78 is 10.5. The van der Waals surface area contributed by atoms with Gasteiger partial charge in [0.15, 0.2) is 5.43 Å². The van der Waals surface area contributed by atoms with Crippen molar-refractivity contribution in [1.82, 2.24) is 0 Å². The monoisotopic (exact) mass is 274 g/mol. The number of hydrogen-bond acceptors (Lipinski definition) is 4. The maximum Gasteiger partial charge on any atom is 0.305 e. The molecule has 20 heavy (non-hydrogen) atoms. The van der Waals surface area contributed by atoms with E-state index in [1.807, 2.05) is 12.1 Å². The highest BCUT2D eigenvalue weighted by atomic mass is 16.5. The first kappa shape index (κ1) is 14.3. The van der Waals surface area contributed by atoms with Crippen LogP contribution in [0.2, 0.25) is 0 Å². The molecule has 2 rings (SSSR count). The van der Waals surface area contributed by atoms with E-state index in [0.717, 1.165) is 12.8 Å². The van der Waals surface area contributed by atoms with Gasteiger partial charge in [-0.1, -0.05) is 12.1 Å². The lowest BCUT2D eigenvalue weighted by molar-refractivity contribution is -0.143. The van der Waals surface area contributed by atoms with Crippen LogP contribution in [0, 0.1) is 0 Å². The number of rotatable bonds is 6. The van der Waals surface area contributed by atoms with Crippen molar-refractivity contribution >= 4 is 16.9 Å². The highest BCUT2D eigenvalue weighted by molar-refractivity contribution is 5.76. The fourth-order valence-corrected chi connectivity index (χ4v) is 2.08. The molecule has 0 saturated heterocycles. The first-order valence-electron chi connectivity index (χ1n) is 6.88. The van der Waals surface area contributed by atoms with Crippen molar-refractivity contribution in [2.45, 2.75) is 32.6 Å². The van der Waals surface area contributed by atoms with Gasteiger partial charge < -0.3 is 9.15 Å². The Morgan fingerprint density at radius 1 is 1.25 bits per heavy atom. The Balaban J connectivity index is 1.94. The molecule has 106 valence electrons. The van der Waals surface area contributed by atoms with E-state index >= 15 is 0 Å². The van der Waals surface area contributed by atoms with Gasteiger partial charge in [-0.3, -0.25) is 9.59 Å². The molecule has 1 heterocycles. The summed E-state index contributed by atoms with van der Waals surface area (Å²) in [5, 5.41) is 0.600. The van der Waals surface area contributed by atoms with Crippen molar-refractivity contribution in [3.05, 3.63) is 46.3 Å². The standard InChI is InChI=1S/C16H18O4/c1-2-19-16(18)10-6-3-7-12-11-14(17)13-8-4-5-9-15(13)20-12/h4-5,8-9,11H,2-3,6-7,10H2,1H3. The molecular formula is C16H18O4. The van der Waals surface area contributed by atoms with Gasteiger partial charge in [0.25, 0.3) is 0 Å². The van der Waals surface area contributed by atoms with Crippen LogP contribution in [0.25, 0.3) is 11.0 Å². The number of carbonyl (C=O) groups excluding carboxylic acids is 1. The molecular weight excluding hydrogens is 256 g/mol. The molecule has 0 bridgehead atoms. The molecule has 0 atom stereocenters. The number of para-hydroxylation sites is 1. The van der Waals surface area contributed by atoms with Crippen LogP contribution >= 0.6 is 0 Å². The van der Waals surface area contributed by atoms with Gasteiger partial charge in [-0.15, -0.1) is 0 Å². The molecule has 2 aromatic rings. The summed E-state index contributed by atoms with van der Waals surface area (Å²) in [6.07, 6.45) is 2.58. The Kier molecular flexibility index (Phi) is 4.93. The van der Waals surface area contributed by atoms with Crippen molar-refractivity contribution < 1.29 is 13.9 Å². The second kappa shape index (κ2) is 6.89. The average molecular weight is 274 g/mol. The van der Waals surface area contributed by atoms with Crippen molar-refractivity contribution in [3.63, 3.8) is 0 Å². The first-order valence-corrected chi connectivity index (χ1v) is 6.88. The smallest absolute Gasteiger partial charge is 0.305 e. The number of hydrogen-bond donors (Lipinski definition) is 0. The maximum atomic E-state index is 11.9. The van der Waals surface area contributed by atoms with Crippen LogP contribution in [0.15, 0.2) is 39.5 Å². The van der Waals surface area contributed by atoms with Crippen LogP contribution < -0.4 is 5.43 Å². The molecule has 0 aliphatic heterocycles. The van der Waals surface area contributed by atoms with E-state index in [4.69, 9.17) is 9.15 Å². The number of fused-ring (bicyclic) bond motifs is 1. The van der Waals surface area contributed by atoms with Crippen molar-refractivity contribution in [2.24, 2.45) is 0 Å². The van der Waals surface area contributed by atoms with Gasteiger partial charge in [-0.05, 0) is 31.9 Å². The van der Waals surface area contributed by atoms with Gasteiger partial charge in [0.05, 0.1) is 12.0 Å². The molecule has 0 amide bonds.